The molecule has 0 fully saturated rings. The molecule has 1 unspecified atom stereocenters. The molecule has 1 atom stereocenters. The van der Waals surface area contributed by atoms with Gasteiger partial charge in [-0.3, -0.25) is 4.79 Å². The fraction of sp³-hybridized carbons (Fsp3) is 0.500. The minimum absolute atomic E-state index is 0.371. The van der Waals surface area contributed by atoms with Gasteiger partial charge in [-0.1, -0.05) is 0 Å². The normalized spacial score (nSPS) is 14.9. The van der Waals surface area contributed by atoms with E-state index in [9.17, 15) is 4.79 Å². The van der Waals surface area contributed by atoms with Crippen LogP contribution in [0.2, 0.25) is 0 Å². The molecule has 1 heterocycles. The SMILES string of the molecule is CNC(C)(Cn1cnc(I)c1I)C(N)=O. The molecule has 0 bridgehead atoms. The number of imidazole rings is 1. The number of halogens is 2. The van der Waals surface area contributed by atoms with Crippen molar-refractivity contribution in [3.8, 4) is 0 Å². The van der Waals surface area contributed by atoms with E-state index in [4.69, 9.17) is 5.73 Å². The van der Waals surface area contributed by atoms with Crippen molar-refractivity contribution in [2.24, 2.45) is 5.73 Å². The van der Waals surface area contributed by atoms with Crippen molar-refractivity contribution < 1.29 is 4.79 Å². The Bertz CT molecular complexity index is 379. The largest absolute Gasteiger partial charge is 0.368 e. The van der Waals surface area contributed by atoms with Gasteiger partial charge in [-0.15, -0.1) is 0 Å². The Kier molecular flexibility index (Phi) is 4.35. The Balaban J connectivity index is 2.94. The average Bonchev–Trinajstić information content (AvgIpc) is 2.49. The van der Waals surface area contributed by atoms with E-state index in [1.165, 1.54) is 0 Å². The monoisotopic (exact) mass is 434 g/mol. The number of rotatable bonds is 4. The minimum Gasteiger partial charge on any atom is -0.368 e. The topological polar surface area (TPSA) is 72.9 Å². The van der Waals surface area contributed by atoms with Gasteiger partial charge >= 0.3 is 0 Å². The summed E-state index contributed by atoms with van der Waals surface area (Å²) in [4.78, 5) is 15.5. The molecule has 1 aromatic rings. The van der Waals surface area contributed by atoms with Gasteiger partial charge in [-0.05, 0) is 59.2 Å². The van der Waals surface area contributed by atoms with Gasteiger partial charge < -0.3 is 15.6 Å². The molecule has 0 aromatic carbocycles. The van der Waals surface area contributed by atoms with Crippen molar-refractivity contribution in [1.82, 2.24) is 14.9 Å². The number of likely N-dealkylation sites (N-methyl/N-ethyl adjacent to an activating group) is 1. The molecule has 3 N–H and O–H groups in total. The number of amides is 1. The molecule has 0 spiro atoms. The maximum absolute atomic E-state index is 11.3. The molecule has 0 aliphatic heterocycles. The van der Waals surface area contributed by atoms with Crippen LogP contribution < -0.4 is 11.1 Å². The van der Waals surface area contributed by atoms with Crippen molar-refractivity contribution in [1.29, 1.82) is 0 Å². The summed E-state index contributed by atoms with van der Waals surface area (Å²) in [6.45, 7) is 2.26. The highest BCUT2D eigenvalue weighted by atomic mass is 127. The number of hydrogen-bond donors (Lipinski definition) is 2. The van der Waals surface area contributed by atoms with Crippen molar-refractivity contribution in [3.63, 3.8) is 0 Å². The van der Waals surface area contributed by atoms with Gasteiger partial charge in [0.1, 0.15) is 12.9 Å². The molecule has 15 heavy (non-hydrogen) atoms. The lowest BCUT2D eigenvalue weighted by atomic mass is 10.0. The predicted octanol–water partition coefficient (Wildman–Crippen LogP) is 0.556. The highest BCUT2D eigenvalue weighted by Crippen LogP contribution is 2.16. The zero-order valence-electron chi connectivity index (χ0n) is 8.42. The summed E-state index contributed by atoms with van der Waals surface area (Å²) in [5.41, 5.74) is 4.60. The first-order chi connectivity index (χ1) is 6.90. The van der Waals surface area contributed by atoms with Gasteiger partial charge in [-0.25, -0.2) is 4.98 Å². The van der Waals surface area contributed by atoms with Crippen molar-refractivity contribution >= 4 is 51.1 Å². The third-order valence-electron chi connectivity index (χ3n) is 2.32. The molecular weight excluding hydrogens is 422 g/mol. The van der Waals surface area contributed by atoms with E-state index in [2.05, 4.69) is 55.5 Å². The summed E-state index contributed by atoms with van der Waals surface area (Å²) in [5.74, 6) is -0.371. The molecule has 0 aliphatic rings. The van der Waals surface area contributed by atoms with E-state index in [0.29, 0.717) is 6.54 Å². The van der Waals surface area contributed by atoms with Crippen LogP contribution >= 0.6 is 45.2 Å². The van der Waals surface area contributed by atoms with Crippen molar-refractivity contribution in [3.05, 3.63) is 13.7 Å². The molecule has 0 radical (unpaired) electrons. The molecular formula is C8H12I2N4O. The summed E-state index contributed by atoms with van der Waals surface area (Å²) in [6.07, 6.45) is 1.71. The van der Waals surface area contributed by atoms with Crippen LogP contribution in [0.15, 0.2) is 6.33 Å². The maximum Gasteiger partial charge on any atom is 0.239 e. The summed E-state index contributed by atoms with van der Waals surface area (Å²) in [5, 5.41) is 2.93. The van der Waals surface area contributed by atoms with Gasteiger partial charge in [0.05, 0.1) is 12.9 Å². The van der Waals surface area contributed by atoms with E-state index in [1.54, 1.807) is 20.3 Å². The van der Waals surface area contributed by atoms with Gasteiger partial charge in [0.15, 0.2) is 0 Å². The maximum atomic E-state index is 11.3. The lowest BCUT2D eigenvalue weighted by molar-refractivity contribution is -0.124. The summed E-state index contributed by atoms with van der Waals surface area (Å²) in [7, 11) is 1.72. The molecule has 5 nitrogen and oxygen atoms in total. The number of carbonyl (C=O) groups is 1. The molecule has 84 valence electrons. The minimum atomic E-state index is -0.746. The molecule has 1 amide bonds. The van der Waals surface area contributed by atoms with E-state index < -0.39 is 5.54 Å². The number of nitrogens with zero attached hydrogens (tertiary/aromatic N) is 2. The Morgan fingerprint density at radius 3 is 2.67 bits per heavy atom. The van der Waals surface area contributed by atoms with E-state index in [0.717, 1.165) is 7.40 Å². The van der Waals surface area contributed by atoms with Gasteiger partial charge in [0, 0.05) is 0 Å². The van der Waals surface area contributed by atoms with Crippen molar-refractivity contribution in [2.75, 3.05) is 7.05 Å². The quantitative estimate of drug-likeness (QED) is 0.681. The van der Waals surface area contributed by atoms with Crippen LogP contribution in [0.1, 0.15) is 6.92 Å². The molecule has 7 heteroatoms. The molecule has 0 saturated heterocycles. The first-order valence-electron chi connectivity index (χ1n) is 4.25. The lowest BCUT2D eigenvalue weighted by Gasteiger charge is -2.26. The zero-order chi connectivity index (χ0) is 11.6. The summed E-state index contributed by atoms with van der Waals surface area (Å²) >= 11 is 4.34. The van der Waals surface area contributed by atoms with E-state index in [-0.39, 0.29) is 5.91 Å². The zero-order valence-corrected chi connectivity index (χ0v) is 12.7. The van der Waals surface area contributed by atoms with Gasteiger partial charge in [0.25, 0.3) is 0 Å². The predicted molar refractivity (Wildman–Crippen MR) is 74.3 cm³/mol. The Morgan fingerprint density at radius 2 is 2.33 bits per heavy atom. The Morgan fingerprint density at radius 1 is 1.73 bits per heavy atom. The number of nitrogens with two attached hydrogens (primary N) is 1. The second kappa shape index (κ2) is 4.95. The Hall–Kier alpha value is 0.1000. The van der Waals surface area contributed by atoms with Crippen LogP contribution in [0.5, 0.6) is 0 Å². The number of nitrogens with one attached hydrogen (secondary N) is 1. The number of primary amides is 1. The lowest BCUT2D eigenvalue weighted by Crippen LogP contribution is -2.54. The van der Waals surface area contributed by atoms with Crippen LogP contribution in [0.4, 0.5) is 0 Å². The molecule has 0 aliphatic carbocycles. The fourth-order valence-electron chi connectivity index (χ4n) is 1.07. The van der Waals surface area contributed by atoms with Crippen molar-refractivity contribution in [2.45, 2.75) is 19.0 Å². The van der Waals surface area contributed by atoms with Gasteiger partial charge in [-0.2, -0.15) is 0 Å². The Labute approximate surface area is 115 Å². The number of carbonyl (C=O) groups excluding carboxylic acids is 1. The first-order valence-corrected chi connectivity index (χ1v) is 6.41. The van der Waals surface area contributed by atoms with Crippen LogP contribution in [-0.4, -0.2) is 28.0 Å². The van der Waals surface area contributed by atoms with E-state index in [1.807, 2.05) is 4.57 Å². The van der Waals surface area contributed by atoms with Crippen LogP contribution in [0.3, 0.4) is 0 Å². The third kappa shape index (κ3) is 2.81. The smallest absolute Gasteiger partial charge is 0.239 e. The van der Waals surface area contributed by atoms with Crippen LogP contribution in [0.25, 0.3) is 0 Å². The van der Waals surface area contributed by atoms with Gasteiger partial charge in [0.2, 0.25) is 5.91 Å². The highest BCUT2D eigenvalue weighted by molar-refractivity contribution is 14.1. The molecule has 1 aromatic heterocycles. The van der Waals surface area contributed by atoms with Crippen LogP contribution in [0, 0.1) is 7.40 Å². The summed E-state index contributed by atoms with van der Waals surface area (Å²) < 4.78 is 3.84. The fourth-order valence-corrected chi connectivity index (χ4v) is 1.94. The molecule has 0 saturated carbocycles. The number of aromatic nitrogens is 2. The second-order valence-electron chi connectivity index (χ2n) is 3.40. The second-order valence-corrected chi connectivity index (χ2v) is 5.44. The standard InChI is InChI=1S/C8H12I2N4O/c1-8(12-2,7(11)15)3-14-4-13-5(9)6(14)10/h4,12H,3H2,1-2H3,(H2,11,15). The third-order valence-corrected chi connectivity index (χ3v) is 5.27. The first kappa shape index (κ1) is 13.2. The number of hydrogen-bond acceptors (Lipinski definition) is 3. The summed E-state index contributed by atoms with van der Waals surface area (Å²) in [6, 6.07) is 0. The van der Waals surface area contributed by atoms with E-state index >= 15 is 0 Å². The van der Waals surface area contributed by atoms with Crippen LogP contribution in [-0.2, 0) is 11.3 Å². The average molecular weight is 434 g/mol. The highest BCUT2D eigenvalue weighted by Gasteiger charge is 2.30. The molecule has 1 rings (SSSR count).